The zero-order valence-corrected chi connectivity index (χ0v) is 11.0. The zero-order chi connectivity index (χ0) is 11.5. The molecular formula is C10H10BrN3OS. The molecule has 1 amide bonds. The standard InChI is InChI=1S/C10H10BrN3OS/c1-14-5-4-12-9(14)6-13-10(15)7-2-3-8(11)16-7/h2-5H,6H2,1H3,(H,13,15). The van der Waals surface area contributed by atoms with Crippen LogP contribution in [0.1, 0.15) is 15.5 Å². The maximum absolute atomic E-state index is 11.7. The molecule has 2 aromatic heterocycles. The second-order valence-electron chi connectivity index (χ2n) is 3.24. The Bertz CT molecular complexity index is 506. The van der Waals surface area contributed by atoms with Crippen molar-refractivity contribution < 1.29 is 4.79 Å². The van der Waals surface area contributed by atoms with Gasteiger partial charge in [-0.3, -0.25) is 4.79 Å². The average molecular weight is 300 g/mol. The van der Waals surface area contributed by atoms with Gasteiger partial charge in [-0.05, 0) is 28.1 Å². The lowest BCUT2D eigenvalue weighted by Crippen LogP contribution is -2.23. The smallest absolute Gasteiger partial charge is 0.261 e. The van der Waals surface area contributed by atoms with Crippen molar-refractivity contribution in [1.29, 1.82) is 0 Å². The van der Waals surface area contributed by atoms with Crippen LogP contribution in [-0.4, -0.2) is 15.5 Å². The van der Waals surface area contributed by atoms with Crippen LogP contribution in [-0.2, 0) is 13.6 Å². The molecule has 0 aliphatic rings. The normalized spacial score (nSPS) is 10.4. The van der Waals surface area contributed by atoms with Crippen LogP contribution < -0.4 is 5.32 Å². The second kappa shape index (κ2) is 4.80. The number of thiophene rings is 1. The summed E-state index contributed by atoms with van der Waals surface area (Å²) < 4.78 is 2.83. The van der Waals surface area contributed by atoms with Crippen molar-refractivity contribution in [3.8, 4) is 0 Å². The number of nitrogens with zero attached hydrogens (tertiary/aromatic N) is 2. The molecule has 0 saturated heterocycles. The van der Waals surface area contributed by atoms with E-state index in [4.69, 9.17) is 0 Å². The Hall–Kier alpha value is -1.14. The minimum atomic E-state index is -0.0706. The van der Waals surface area contributed by atoms with Crippen LogP contribution in [0.5, 0.6) is 0 Å². The van der Waals surface area contributed by atoms with Crippen LogP contribution in [0.4, 0.5) is 0 Å². The van der Waals surface area contributed by atoms with Crippen molar-refractivity contribution in [1.82, 2.24) is 14.9 Å². The van der Waals surface area contributed by atoms with Crippen LogP contribution in [0.3, 0.4) is 0 Å². The molecule has 0 spiro atoms. The van der Waals surface area contributed by atoms with Gasteiger partial charge in [-0.2, -0.15) is 0 Å². The maximum Gasteiger partial charge on any atom is 0.261 e. The summed E-state index contributed by atoms with van der Waals surface area (Å²) in [7, 11) is 1.90. The molecule has 1 N–H and O–H groups in total. The van der Waals surface area contributed by atoms with Crippen molar-refractivity contribution in [3.05, 3.63) is 39.0 Å². The molecule has 84 valence electrons. The van der Waals surface area contributed by atoms with Crippen molar-refractivity contribution >= 4 is 33.2 Å². The van der Waals surface area contributed by atoms with Crippen LogP contribution in [0.2, 0.25) is 0 Å². The fourth-order valence-electron chi connectivity index (χ4n) is 1.25. The van der Waals surface area contributed by atoms with Gasteiger partial charge in [-0.1, -0.05) is 0 Å². The van der Waals surface area contributed by atoms with Gasteiger partial charge in [0.1, 0.15) is 5.82 Å². The lowest BCUT2D eigenvalue weighted by molar-refractivity contribution is 0.0953. The molecule has 0 aliphatic heterocycles. The van der Waals surface area contributed by atoms with E-state index in [1.165, 1.54) is 11.3 Å². The Kier molecular flexibility index (Phi) is 3.40. The number of amides is 1. The third-order valence-corrected chi connectivity index (χ3v) is 3.75. The third kappa shape index (κ3) is 2.51. The number of nitrogens with one attached hydrogen (secondary N) is 1. The van der Waals surface area contributed by atoms with Crippen LogP contribution in [0.15, 0.2) is 28.3 Å². The summed E-state index contributed by atoms with van der Waals surface area (Å²) in [6.45, 7) is 0.442. The quantitative estimate of drug-likeness (QED) is 0.944. The van der Waals surface area contributed by atoms with Gasteiger partial charge in [0.25, 0.3) is 5.91 Å². The molecule has 16 heavy (non-hydrogen) atoms. The Labute approximate surface area is 105 Å². The number of hydrogen-bond donors (Lipinski definition) is 1. The van der Waals surface area contributed by atoms with E-state index in [0.717, 1.165) is 9.61 Å². The minimum Gasteiger partial charge on any atom is -0.344 e. The Balaban J connectivity index is 1.96. The molecule has 0 saturated carbocycles. The molecular weight excluding hydrogens is 290 g/mol. The molecule has 2 heterocycles. The van der Waals surface area contributed by atoms with Crippen LogP contribution in [0.25, 0.3) is 0 Å². The lowest BCUT2D eigenvalue weighted by atomic mass is 10.4. The van der Waals surface area contributed by atoms with E-state index in [1.807, 2.05) is 23.9 Å². The highest BCUT2D eigenvalue weighted by Crippen LogP contribution is 2.21. The highest BCUT2D eigenvalue weighted by molar-refractivity contribution is 9.11. The number of rotatable bonds is 3. The molecule has 2 aromatic rings. The summed E-state index contributed by atoms with van der Waals surface area (Å²) >= 11 is 4.74. The highest BCUT2D eigenvalue weighted by Gasteiger charge is 2.08. The van der Waals surface area contributed by atoms with E-state index in [1.54, 1.807) is 12.3 Å². The minimum absolute atomic E-state index is 0.0706. The summed E-state index contributed by atoms with van der Waals surface area (Å²) in [5, 5.41) is 2.82. The Morgan fingerprint density at radius 1 is 1.62 bits per heavy atom. The number of imidazole rings is 1. The van der Waals surface area contributed by atoms with Gasteiger partial charge in [0.2, 0.25) is 0 Å². The van der Waals surface area contributed by atoms with Crippen molar-refractivity contribution in [2.45, 2.75) is 6.54 Å². The largest absolute Gasteiger partial charge is 0.344 e. The molecule has 6 heteroatoms. The topological polar surface area (TPSA) is 46.9 Å². The number of carbonyl (C=O) groups excluding carboxylic acids is 1. The number of hydrogen-bond acceptors (Lipinski definition) is 3. The summed E-state index contributed by atoms with van der Waals surface area (Å²) in [6.07, 6.45) is 3.56. The highest BCUT2D eigenvalue weighted by atomic mass is 79.9. The summed E-state index contributed by atoms with van der Waals surface area (Å²) in [5.74, 6) is 0.766. The molecule has 0 unspecified atom stereocenters. The van der Waals surface area contributed by atoms with Gasteiger partial charge in [0.05, 0.1) is 15.2 Å². The zero-order valence-electron chi connectivity index (χ0n) is 8.61. The molecule has 4 nitrogen and oxygen atoms in total. The van der Waals surface area contributed by atoms with Gasteiger partial charge >= 0.3 is 0 Å². The predicted octanol–water partition coefficient (Wildman–Crippen LogP) is 2.17. The molecule has 0 aromatic carbocycles. The third-order valence-electron chi connectivity index (χ3n) is 2.13. The lowest BCUT2D eigenvalue weighted by Gasteiger charge is -2.03. The van der Waals surface area contributed by atoms with Gasteiger partial charge in [-0.15, -0.1) is 11.3 Å². The molecule has 0 aliphatic carbocycles. The SMILES string of the molecule is Cn1ccnc1CNC(=O)c1ccc(Br)s1. The van der Waals surface area contributed by atoms with Crippen LogP contribution in [0, 0.1) is 0 Å². The first-order valence-electron chi connectivity index (χ1n) is 4.66. The van der Waals surface area contributed by atoms with E-state index in [-0.39, 0.29) is 5.91 Å². The Morgan fingerprint density at radius 2 is 2.44 bits per heavy atom. The number of aryl methyl sites for hydroxylation is 1. The first-order valence-corrected chi connectivity index (χ1v) is 6.27. The number of halogens is 1. The van der Waals surface area contributed by atoms with Gasteiger partial charge < -0.3 is 9.88 Å². The van der Waals surface area contributed by atoms with E-state index < -0.39 is 0 Å². The van der Waals surface area contributed by atoms with Gasteiger partial charge in [0, 0.05) is 19.4 Å². The number of aromatic nitrogens is 2. The van der Waals surface area contributed by atoms with E-state index in [2.05, 4.69) is 26.2 Å². The number of carbonyl (C=O) groups is 1. The van der Waals surface area contributed by atoms with E-state index >= 15 is 0 Å². The fraction of sp³-hybridized carbons (Fsp3) is 0.200. The average Bonchev–Trinajstić information content (AvgIpc) is 2.84. The predicted molar refractivity (Wildman–Crippen MR) is 66.4 cm³/mol. The summed E-state index contributed by atoms with van der Waals surface area (Å²) in [6, 6.07) is 3.66. The van der Waals surface area contributed by atoms with Crippen molar-refractivity contribution in [3.63, 3.8) is 0 Å². The molecule has 0 atom stereocenters. The van der Waals surface area contributed by atoms with E-state index in [9.17, 15) is 4.79 Å². The summed E-state index contributed by atoms with van der Waals surface area (Å²) in [5.41, 5.74) is 0. The van der Waals surface area contributed by atoms with Crippen molar-refractivity contribution in [2.24, 2.45) is 7.05 Å². The van der Waals surface area contributed by atoms with Crippen LogP contribution >= 0.6 is 27.3 Å². The monoisotopic (exact) mass is 299 g/mol. The molecule has 0 radical (unpaired) electrons. The molecule has 0 bridgehead atoms. The molecule has 2 rings (SSSR count). The van der Waals surface area contributed by atoms with E-state index in [0.29, 0.717) is 11.4 Å². The first-order chi connectivity index (χ1) is 7.66. The molecule has 0 fully saturated rings. The van der Waals surface area contributed by atoms with Gasteiger partial charge in [-0.25, -0.2) is 4.98 Å². The van der Waals surface area contributed by atoms with Crippen molar-refractivity contribution in [2.75, 3.05) is 0 Å². The fourth-order valence-corrected chi connectivity index (χ4v) is 2.55. The Morgan fingerprint density at radius 3 is 3.00 bits per heavy atom. The first kappa shape index (κ1) is 11.3. The van der Waals surface area contributed by atoms with Gasteiger partial charge in [0.15, 0.2) is 0 Å². The maximum atomic E-state index is 11.7. The summed E-state index contributed by atoms with van der Waals surface area (Å²) in [4.78, 5) is 16.5. The second-order valence-corrected chi connectivity index (χ2v) is 5.70.